The molecule has 0 bridgehead atoms. The van der Waals surface area contributed by atoms with Gasteiger partial charge in [-0.25, -0.2) is 0 Å². The highest BCUT2D eigenvalue weighted by Crippen LogP contribution is 2.21. The van der Waals surface area contributed by atoms with E-state index in [9.17, 15) is 0 Å². The van der Waals surface area contributed by atoms with Crippen LogP contribution in [0.1, 0.15) is 82.4 Å². The Morgan fingerprint density at radius 1 is 1.09 bits per heavy atom. The van der Waals surface area contributed by atoms with Crippen LogP contribution in [0.2, 0.25) is 0 Å². The van der Waals surface area contributed by atoms with Crippen molar-refractivity contribution in [3.05, 3.63) is 35.4 Å². The van der Waals surface area contributed by atoms with Gasteiger partial charge in [0.25, 0.3) is 0 Å². The molecule has 3 heteroatoms. The smallest absolute Gasteiger partial charge is 0.166 e. The third kappa shape index (κ3) is 4.98. The quantitative estimate of drug-likeness (QED) is 0.742. The van der Waals surface area contributed by atoms with Gasteiger partial charge < -0.3 is 10.6 Å². The van der Waals surface area contributed by atoms with Crippen molar-refractivity contribution in [1.82, 2.24) is 10.6 Å². The molecular formula is C19H30N2S. The summed E-state index contributed by atoms with van der Waals surface area (Å²) in [5, 5.41) is 7.70. The lowest BCUT2D eigenvalue weighted by Gasteiger charge is -2.26. The maximum Gasteiger partial charge on any atom is 0.166 e. The SMILES string of the molecule is CC[C@H](C)c1ccc([C@H](C)NC(=S)NC2CCCCC2)cc1. The second-order valence-electron chi connectivity index (χ2n) is 6.65. The predicted octanol–water partition coefficient (Wildman–Crippen LogP) is 5.06. The third-order valence-electron chi connectivity index (χ3n) is 4.91. The fraction of sp³-hybridized carbons (Fsp3) is 0.632. The molecule has 0 amide bonds. The number of benzene rings is 1. The molecule has 1 aromatic rings. The van der Waals surface area contributed by atoms with Crippen molar-refractivity contribution < 1.29 is 0 Å². The van der Waals surface area contributed by atoms with E-state index in [1.165, 1.54) is 49.7 Å². The molecule has 22 heavy (non-hydrogen) atoms. The van der Waals surface area contributed by atoms with Gasteiger partial charge >= 0.3 is 0 Å². The summed E-state index contributed by atoms with van der Waals surface area (Å²) in [6.07, 6.45) is 7.71. The molecule has 1 aromatic carbocycles. The monoisotopic (exact) mass is 318 g/mol. The van der Waals surface area contributed by atoms with E-state index in [0.29, 0.717) is 12.0 Å². The van der Waals surface area contributed by atoms with Crippen molar-refractivity contribution >= 4 is 17.3 Å². The third-order valence-corrected chi connectivity index (χ3v) is 5.14. The zero-order valence-electron chi connectivity index (χ0n) is 14.2. The molecule has 122 valence electrons. The molecule has 0 unspecified atom stereocenters. The van der Waals surface area contributed by atoms with Crippen LogP contribution in [0.25, 0.3) is 0 Å². The van der Waals surface area contributed by atoms with Gasteiger partial charge in [-0.2, -0.15) is 0 Å². The van der Waals surface area contributed by atoms with Crippen molar-refractivity contribution in [2.45, 2.75) is 77.3 Å². The Morgan fingerprint density at radius 3 is 2.27 bits per heavy atom. The molecule has 1 saturated carbocycles. The summed E-state index contributed by atoms with van der Waals surface area (Å²) in [7, 11) is 0. The molecule has 2 atom stereocenters. The molecule has 0 radical (unpaired) electrons. The average Bonchev–Trinajstić information content (AvgIpc) is 2.55. The second-order valence-corrected chi connectivity index (χ2v) is 7.06. The molecule has 0 aromatic heterocycles. The van der Waals surface area contributed by atoms with Crippen molar-refractivity contribution in [1.29, 1.82) is 0 Å². The molecule has 1 fully saturated rings. The average molecular weight is 319 g/mol. The van der Waals surface area contributed by atoms with Crippen LogP contribution in [-0.4, -0.2) is 11.2 Å². The zero-order chi connectivity index (χ0) is 15.9. The largest absolute Gasteiger partial charge is 0.360 e. The molecule has 0 spiro atoms. The van der Waals surface area contributed by atoms with E-state index in [2.05, 4.69) is 55.7 Å². The molecule has 2 rings (SSSR count). The van der Waals surface area contributed by atoms with Gasteiger partial charge in [0.05, 0.1) is 6.04 Å². The molecule has 0 aliphatic heterocycles. The van der Waals surface area contributed by atoms with E-state index < -0.39 is 0 Å². The standard InChI is InChI=1S/C19H30N2S/c1-4-14(2)16-10-12-17(13-11-16)15(3)20-19(22)21-18-8-6-5-7-9-18/h10-15,18H,4-9H2,1-3H3,(H2,20,21,22)/t14-,15-/m0/s1. The van der Waals surface area contributed by atoms with E-state index in [1.807, 2.05) is 0 Å². The first-order chi connectivity index (χ1) is 10.6. The fourth-order valence-corrected chi connectivity index (χ4v) is 3.45. The van der Waals surface area contributed by atoms with Gasteiger partial charge in [-0.15, -0.1) is 0 Å². The first-order valence-corrected chi connectivity index (χ1v) is 9.17. The van der Waals surface area contributed by atoms with Crippen LogP contribution >= 0.6 is 12.2 Å². The van der Waals surface area contributed by atoms with Crippen LogP contribution in [0.5, 0.6) is 0 Å². The molecule has 0 heterocycles. The Balaban J connectivity index is 1.85. The van der Waals surface area contributed by atoms with Crippen LogP contribution < -0.4 is 10.6 Å². The van der Waals surface area contributed by atoms with Crippen molar-refractivity contribution in [3.63, 3.8) is 0 Å². The van der Waals surface area contributed by atoms with Gasteiger partial charge in [-0.1, -0.05) is 57.4 Å². The zero-order valence-corrected chi connectivity index (χ0v) is 15.0. The molecular weight excluding hydrogens is 288 g/mol. The summed E-state index contributed by atoms with van der Waals surface area (Å²) in [6, 6.07) is 9.76. The Morgan fingerprint density at radius 2 is 1.68 bits per heavy atom. The first kappa shape index (κ1) is 17.3. The normalized spacial score (nSPS) is 18.5. The number of hydrogen-bond donors (Lipinski definition) is 2. The van der Waals surface area contributed by atoms with Gasteiger partial charge in [0, 0.05) is 6.04 Å². The Labute approximate surface area is 141 Å². The van der Waals surface area contributed by atoms with Crippen LogP contribution in [0, 0.1) is 0 Å². The Kier molecular flexibility index (Phi) is 6.69. The number of nitrogens with one attached hydrogen (secondary N) is 2. The van der Waals surface area contributed by atoms with E-state index in [-0.39, 0.29) is 6.04 Å². The molecule has 1 aliphatic rings. The predicted molar refractivity (Wildman–Crippen MR) is 99.3 cm³/mol. The van der Waals surface area contributed by atoms with Gasteiger partial charge in [-0.3, -0.25) is 0 Å². The lowest BCUT2D eigenvalue weighted by atomic mass is 9.95. The van der Waals surface area contributed by atoms with Gasteiger partial charge in [0.2, 0.25) is 0 Å². The maximum absolute atomic E-state index is 5.47. The molecule has 1 aliphatic carbocycles. The first-order valence-electron chi connectivity index (χ1n) is 8.77. The van der Waals surface area contributed by atoms with Gasteiger partial charge in [0.1, 0.15) is 0 Å². The Hall–Kier alpha value is -1.09. The van der Waals surface area contributed by atoms with Crippen LogP contribution in [0.15, 0.2) is 24.3 Å². The highest BCUT2D eigenvalue weighted by molar-refractivity contribution is 7.80. The number of thiocarbonyl (C=S) groups is 1. The van der Waals surface area contributed by atoms with Crippen molar-refractivity contribution in [2.75, 3.05) is 0 Å². The van der Waals surface area contributed by atoms with E-state index in [1.54, 1.807) is 0 Å². The minimum absolute atomic E-state index is 0.245. The van der Waals surface area contributed by atoms with Gasteiger partial charge in [-0.05, 0) is 55.4 Å². The van der Waals surface area contributed by atoms with E-state index >= 15 is 0 Å². The van der Waals surface area contributed by atoms with Crippen LogP contribution in [-0.2, 0) is 0 Å². The minimum Gasteiger partial charge on any atom is -0.360 e. The van der Waals surface area contributed by atoms with E-state index in [4.69, 9.17) is 12.2 Å². The summed E-state index contributed by atoms with van der Waals surface area (Å²) in [6.45, 7) is 6.69. The topological polar surface area (TPSA) is 24.1 Å². The summed E-state index contributed by atoms with van der Waals surface area (Å²) < 4.78 is 0. The number of rotatable bonds is 5. The lowest BCUT2D eigenvalue weighted by Crippen LogP contribution is -2.43. The number of hydrogen-bond acceptors (Lipinski definition) is 1. The van der Waals surface area contributed by atoms with E-state index in [0.717, 1.165) is 5.11 Å². The highest BCUT2D eigenvalue weighted by Gasteiger charge is 2.15. The summed E-state index contributed by atoms with van der Waals surface area (Å²) in [4.78, 5) is 0. The van der Waals surface area contributed by atoms with Crippen LogP contribution in [0.4, 0.5) is 0 Å². The fourth-order valence-electron chi connectivity index (χ4n) is 3.10. The van der Waals surface area contributed by atoms with Gasteiger partial charge in [0.15, 0.2) is 5.11 Å². The second kappa shape index (κ2) is 8.52. The summed E-state index contributed by atoms with van der Waals surface area (Å²) >= 11 is 5.47. The minimum atomic E-state index is 0.245. The summed E-state index contributed by atoms with van der Waals surface area (Å²) in [5.74, 6) is 0.631. The Bertz CT molecular complexity index is 463. The van der Waals surface area contributed by atoms with Crippen molar-refractivity contribution in [2.24, 2.45) is 0 Å². The lowest BCUT2D eigenvalue weighted by molar-refractivity contribution is 0.411. The molecule has 2 N–H and O–H groups in total. The molecule has 2 nitrogen and oxygen atoms in total. The maximum atomic E-state index is 5.47. The van der Waals surface area contributed by atoms with Crippen molar-refractivity contribution in [3.8, 4) is 0 Å². The van der Waals surface area contributed by atoms with Crippen LogP contribution in [0.3, 0.4) is 0 Å². The highest BCUT2D eigenvalue weighted by atomic mass is 32.1. The summed E-state index contributed by atoms with van der Waals surface area (Å²) in [5.41, 5.74) is 2.71. The molecule has 0 saturated heterocycles.